The predicted molar refractivity (Wildman–Crippen MR) is 103 cm³/mol. The molecule has 2 N–H and O–H groups in total. The molecular formula is C18H17ClN6O. The summed E-state index contributed by atoms with van der Waals surface area (Å²) >= 11 is 5.95. The van der Waals surface area contributed by atoms with E-state index < -0.39 is 0 Å². The molecule has 0 bridgehead atoms. The van der Waals surface area contributed by atoms with Crippen LogP contribution in [0.1, 0.15) is 18.3 Å². The van der Waals surface area contributed by atoms with Crippen LogP contribution in [0.3, 0.4) is 0 Å². The van der Waals surface area contributed by atoms with E-state index in [0.29, 0.717) is 22.1 Å². The molecule has 132 valence electrons. The number of rotatable bonds is 5. The fraction of sp³-hybridized carbons (Fsp3) is 0.111. The maximum absolute atomic E-state index is 9.48. The second-order valence-corrected chi connectivity index (χ2v) is 5.96. The second-order valence-electron chi connectivity index (χ2n) is 5.53. The number of oxime groups is 1. The minimum atomic E-state index is 0.235. The van der Waals surface area contributed by atoms with E-state index in [-0.39, 0.29) is 5.71 Å². The number of aromatic nitrogens is 3. The van der Waals surface area contributed by atoms with Crippen molar-refractivity contribution in [1.29, 1.82) is 0 Å². The zero-order valence-electron chi connectivity index (χ0n) is 14.3. The maximum atomic E-state index is 9.48. The van der Waals surface area contributed by atoms with Crippen LogP contribution in [-0.4, -0.2) is 31.6 Å². The van der Waals surface area contributed by atoms with Gasteiger partial charge in [0, 0.05) is 5.02 Å². The lowest BCUT2D eigenvalue weighted by atomic mass is 10.1. The Morgan fingerprint density at radius 1 is 1.12 bits per heavy atom. The van der Waals surface area contributed by atoms with Crippen molar-refractivity contribution in [3.05, 3.63) is 71.0 Å². The Labute approximate surface area is 155 Å². The van der Waals surface area contributed by atoms with Crippen LogP contribution in [0.15, 0.2) is 64.9 Å². The van der Waals surface area contributed by atoms with Gasteiger partial charge in [-0.2, -0.15) is 15.0 Å². The van der Waals surface area contributed by atoms with Crippen LogP contribution in [0.4, 0.5) is 5.69 Å². The molecule has 0 saturated heterocycles. The van der Waals surface area contributed by atoms with Gasteiger partial charge in [-0.25, -0.2) is 0 Å². The zero-order chi connectivity index (χ0) is 18.5. The summed E-state index contributed by atoms with van der Waals surface area (Å²) in [4.78, 5) is 1.49. The van der Waals surface area contributed by atoms with Crippen molar-refractivity contribution >= 4 is 28.7 Å². The van der Waals surface area contributed by atoms with Crippen LogP contribution >= 0.6 is 11.6 Å². The molecule has 0 aliphatic rings. The van der Waals surface area contributed by atoms with Gasteiger partial charge in [0.15, 0.2) is 5.71 Å². The molecule has 2 aromatic carbocycles. The molecule has 26 heavy (non-hydrogen) atoms. The van der Waals surface area contributed by atoms with E-state index in [2.05, 4.69) is 25.9 Å². The molecule has 1 aromatic heterocycles. The van der Waals surface area contributed by atoms with Crippen molar-refractivity contribution in [2.75, 3.05) is 5.43 Å². The molecule has 3 rings (SSSR count). The predicted octanol–water partition coefficient (Wildman–Crippen LogP) is 3.90. The highest BCUT2D eigenvalue weighted by Gasteiger charge is 2.18. The Bertz CT molecular complexity index is 965. The van der Waals surface area contributed by atoms with Crippen LogP contribution in [0, 0.1) is 6.92 Å². The van der Waals surface area contributed by atoms with Gasteiger partial charge in [0.2, 0.25) is 0 Å². The number of nitrogens with one attached hydrogen (secondary N) is 1. The third kappa shape index (κ3) is 3.89. The SMILES string of the molecule is CC(=N\Nc1cccc(Cl)c1)/C(=N\O)c1nn(-c2ccccc2)nc1C. The Hall–Kier alpha value is -3.19. The summed E-state index contributed by atoms with van der Waals surface area (Å²) in [6.45, 7) is 3.51. The van der Waals surface area contributed by atoms with Crippen LogP contribution in [0.25, 0.3) is 5.69 Å². The largest absolute Gasteiger partial charge is 0.410 e. The van der Waals surface area contributed by atoms with Crippen molar-refractivity contribution in [3.63, 3.8) is 0 Å². The first-order valence-electron chi connectivity index (χ1n) is 7.86. The Balaban J connectivity index is 1.87. The molecule has 0 amide bonds. The van der Waals surface area contributed by atoms with Crippen molar-refractivity contribution in [2.45, 2.75) is 13.8 Å². The highest BCUT2D eigenvalue weighted by Crippen LogP contribution is 2.15. The third-order valence-corrected chi connectivity index (χ3v) is 3.85. The van der Waals surface area contributed by atoms with E-state index in [1.807, 2.05) is 42.5 Å². The minimum absolute atomic E-state index is 0.235. The van der Waals surface area contributed by atoms with Crippen LogP contribution in [-0.2, 0) is 0 Å². The zero-order valence-corrected chi connectivity index (χ0v) is 15.0. The molecule has 0 fully saturated rings. The molecule has 0 aliphatic heterocycles. The van der Waals surface area contributed by atoms with Gasteiger partial charge in [-0.05, 0) is 44.2 Å². The fourth-order valence-electron chi connectivity index (χ4n) is 2.32. The number of halogens is 1. The number of benzene rings is 2. The van der Waals surface area contributed by atoms with Gasteiger partial charge >= 0.3 is 0 Å². The molecule has 7 nitrogen and oxygen atoms in total. The number of para-hydroxylation sites is 1. The quantitative estimate of drug-likeness (QED) is 0.406. The van der Waals surface area contributed by atoms with Crippen LogP contribution in [0.5, 0.6) is 0 Å². The summed E-state index contributed by atoms with van der Waals surface area (Å²) in [7, 11) is 0. The summed E-state index contributed by atoms with van der Waals surface area (Å²) in [5.41, 5.74) is 6.18. The fourth-order valence-corrected chi connectivity index (χ4v) is 2.52. The van der Waals surface area contributed by atoms with Gasteiger partial charge in [-0.15, -0.1) is 5.10 Å². The van der Waals surface area contributed by atoms with E-state index in [0.717, 1.165) is 11.4 Å². The molecule has 0 spiro atoms. The average molecular weight is 369 g/mol. The van der Waals surface area contributed by atoms with Gasteiger partial charge in [0.25, 0.3) is 0 Å². The lowest BCUT2D eigenvalue weighted by Gasteiger charge is -2.04. The van der Waals surface area contributed by atoms with Gasteiger partial charge in [0.1, 0.15) is 5.69 Å². The average Bonchev–Trinajstić information content (AvgIpc) is 3.03. The highest BCUT2D eigenvalue weighted by atomic mass is 35.5. The molecule has 0 saturated carbocycles. The molecule has 1 heterocycles. The number of aryl methyl sites for hydroxylation is 1. The standard InChI is InChI=1S/C18H17ClN6O/c1-12(20-21-15-8-6-7-14(19)11-15)18(24-26)17-13(2)22-25(23-17)16-9-4-3-5-10-16/h3-11,21,26H,1-2H3/b20-12+,24-18+. The first-order valence-corrected chi connectivity index (χ1v) is 8.24. The smallest absolute Gasteiger partial charge is 0.155 e. The topological polar surface area (TPSA) is 87.7 Å². The molecule has 0 unspecified atom stereocenters. The van der Waals surface area contributed by atoms with E-state index in [1.165, 1.54) is 4.80 Å². The van der Waals surface area contributed by atoms with Crippen molar-refractivity contribution < 1.29 is 5.21 Å². The van der Waals surface area contributed by atoms with Gasteiger partial charge in [-0.1, -0.05) is 41.0 Å². The maximum Gasteiger partial charge on any atom is 0.155 e. The molecule has 3 aromatic rings. The lowest BCUT2D eigenvalue weighted by Crippen LogP contribution is -2.16. The van der Waals surface area contributed by atoms with Crippen LogP contribution < -0.4 is 5.43 Å². The highest BCUT2D eigenvalue weighted by molar-refractivity contribution is 6.47. The second kappa shape index (κ2) is 7.79. The van der Waals surface area contributed by atoms with Crippen molar-refractivity contribution in [3.8, 4) is 5.69 Å². The summed E-state index contributed by atoms with van der Waals surface area (Å²) in [5.74, 6) is 0. The number of hydrogen-bond donors (Lipinski definition) is 2. The van der Waals surface area contributed by atoms with E-state index in [4.69, 9.17) is 11.6 Å². The number of nitrogens with zero attached hydrogens (tertiary/aromatic N) is 5. The summed E-state index contributed by atoms with van der Waals surface area (Å²) in [5, 5.41) is 26.5. The number of hydrogen-bond acceptors (Lipinski definition) is 6. The Kier molecular flexibility index (Phi) is 5.28. The first-order chi connectivity index (χ1) is 12.6. The van der Waals surface area contributed by atoms with Gasteiger partial charge in [0.05, 0.1) is 22.8 Å². The first kappa shape index (κ1) is 17.6. The summed E-state index contributed by atoms with van der Waals surface area (Å²) in [6.07, 6.45) is 0. The molecule has 8 heteroatoms. The molecular weight excluding hydrogens is 352 g/mol. The van der Waals surface area contributed by atoms with Crippen LogP contribution in [0.2, 0.25) is 5.02 Å². The van der Waals surface area contributed by atoms with Crippen molar-refractivity contribution in [2.24, 2.45) is 10.3 Å². The Morgan fingerprint density at radius 3 is 2.58 bits per heavy atom. The Morgan fingerprint density at radius 2 is 1.88 bits per heavy atom. The lowest BCUT2D eigenvalue weighted by molar-refractivity contribution is 0.320. The van der Waals surface area contributed by atoms with Gasteiger partial charge in [-0.3, -0.25) is 5.43 Å². The minimum Gasteiger partial charge on any atom is -0.410 e. The van der Waals surface area contributed by atoms with E-state index in [9.17, 15) is 5.21 Å². The van der Waals surface area contributed by atoms with Crippen molar-refractivity contribution in [1.82, 2.24) is 15.0 Å². The molecule has 0 radical (unpaired) electrons. The summed E-state index contributed by atoms with van der Waals surface area (Å²) < 4.78 is 0. The molecule has 0 atom stereocenters. The normalized spacial score (nSPS) is 12.3. The monoisotopic (exact) mass is 368 g/mol. The number of anilines is 1. The summed E-state index contributed by atoms with van der Waals surface area (Å²) in [6, 6.07) is 16.6. The number of hydrazone groups is 1. The van der Waals surface area contributed by atoms with E-state index >= 15 is 0 Å². The third-order valence-electron chi connectivity index (χ3n) is 3.61. The van der Waals surface area contributed by atoms with Gasteiger partial charge < -0.3 is 5.21 Å². The van der Waals surface area contributed by atoms with E-state index in [1.54, 1.807) is 26.0 Å². The molecule has 0 aliphatic carbocycles.